The maximum absolute atomic E-state index is 12.7. The van der Waals surface area contributed by atoms with E-state index in [1.165, 1.54) is 10.6 Å². The Morgan fingerprint density at radius 2 is 2.04 bits per heavy atom. The second kappa shape index (κ2) is 7.74. The predicted molar refractivity (Wildman–Crippen MR) is 96.9 cm³/mol. The van der Waals surface area contributed by atoms with Gasteiger partial charge in [-0.05, 0) is 35.0 Å². The summed E-state index contributed by atoms with van der Waals surface area (Å²) in [5.74, 6) is 1.27. The van der Waals surface area contributed by atoms with Crippen LogP contribution < -0.4 is 15.0 Å². The third-order valence-electron chi connectivity index (χ3n) is 4.00. The van der Waals surface area contributed by atoms with Gasteiger partial charge in [-0.3, -0.25) is 9.59 Å². The van der Waals surface area contributed by atoms with E-state index in [4.69, 9.17) is 9.47 Å². The molecule has 1 aliphatic rings. The van der Waals surface area contributed by atoms with Crippen molar-refractivity contribution >= 4 is 21.8 Å². The minimum Gasteiger partial charge on any atom is -0.486 e. The number of nitrogens with zero attached hydrogens (tertiary/aromatic N) is 2. The zero-order valence-corrected chi connectivity index (χ0v) is 15.5. The van der Waals surface area contributed by atoms with Crippen molar-refractivity contribution in [2.24, 2.45) is 0 Å². The van der Waals surface area contributed by atoms with Gasteiger partial charge in [0.05, 0.1) is 0 Å². The van der Waals surface area contributed by atoms with Crippen LogP contribution in [0.1, 0.15) is 12.5 Å². The van der Waals surface area contributed by atoms with Crippen LogP contribution in [0.25, 0.3) is 0 Å². The lowest BCUT2D eigenvalue weighted by atomic mass is 10.1. The maximum Gasteiger partial charge on any atom is 0.251 e. The summed E-state index contributed by atoms with van der Waals surface area (Å²) in [5, 5.41) is 0. The number of fused-ring (bicyclic) bond motifs is 1. The van der Waals surface area contributed by atoms with E-state index in [9.17, 15) is 9.59 Å². The SMILES string of the molecule is CCN(Cc1cccc2c1OCCO2)C(=O)Cn1cc(Br)ccc1=O. The van der Waals surface area contributed by atoms with Gasteiger partial charge in [-0.2, -0.15) is 0 Å². The van der Waals surface area contributed by atoms with Crippen LogP contribution in [-0.2, 0) is 17.9 Å². The van der Waals surface area contributed by atoms with E-state index < -0.39 is 0 Å². The van der Waals surface area contributed by atoms with Gasteiger partial charge in [-0.1, -0.05) is 12.1 Å². The number of halogens is 1. The Labute approximate surface area is 154 Å². The smallest absolute Gasteiger partial charge is 0.251 e. The number of pyridine rings is 1. The number of benzene rings is 1. The summed E-state index contributed by atoms with van der Waals surface area (Å²) in [6.07, 6.45) is 1.62. The Balaban J connectivity index is 1.77. The van der Waals surface area contributed by atoms with E-state index in [1.807, 2.05) is 25.1 Å². The van der Waals surface area contributed by atoms with Crippen LogP contribution in [0.5, 0.6) is 11.5 Å². The molecule has 0 bridgehead atoms. The lowest BCUT2D eigenvalue weighted by molar-refractivity contribution is -0.132. The van der Waals surface area contributed by atoms with E-state index >= 15 is 0 Å². The summed E-state index contributed by atoms with van der Waals surface area (Å²) >= 11 is 3.32. The minimum absolute atomic E-state index is 0.00149. The topological polar surface area (TPSA) is 60.8 Å². The van der Waals surface area contributed by atoms with Crippen molar-refractivity contribution in [1.82, 2.24) is 9.47 Å². The molecule has 25 heavy (non-hydrogen) atoms. The fourth-order valence-corrected chi connectivity index (χ4v) is 3.09. The van der Waals surface area contributed by atoms with Crippen molar-refractivity contribution in [2.75, 3.05) is 19.8 Å². The lowest BCUT2D eigenvalue weighted by Gasteiger charge is -2.25. The lowest BCUT2D eigenvalue weighted by Crippen LogP contribution is -2.36. The third kappa shape index (κ3) is 4.04. The highest BCUT2D eigenvalue weighted by molar-refractivity contribution is 9.10. The maximum atomic E-state index is 12.7. The van der Waals surface area contributed by atoms with Gasteiger partial charge in [0.15, 0.2) is 11.5 Å². The van der Waals surface area contributed by atoms with Crippen molar-refractivity contribution in [3.05, 3.63) is 56.9 Å². The normalized spacial score (nSPS) is 12.7. The van der Waals surface area contributed by atoms with Crippen LogP contribution in [0, 0.1) is 0 Å². The highest BCUT2D eigenvalue weighted by Crippen LogP contribution is 2.34. The van der Waals surface area contributed by atoms with Gasteiger partial charge < -0.3 is 18.9 Å². The summed E-state index contributed by atoms with van der Waals surface area (Å²) in [5.41, 5.74) is 0.690. The van der Waals surface area contributed by atoms with E-state index in [0.717, 1.165) is 10.0 Å². The fourth-order valence-electron chi connectivity index (χ4n) is 2.71. The highest BCUT2D eigenvalue weighted by atomic mass is 79.9. The van der Waals surface area contributed by atoms with Crippen molar-refractivity contribution < 1.29 is 14.3 Å². The molecule has 3 rings (SSSR count). The number of hydrogen-bond acceptors (Lipinski definition) is 4. The number of hydrogen-bond donors (Lipinski definition) is 0. The molecule has 7 heteroatoms. The Morgan fingerprint density at radius 1 is 1.24 bits per heavy atom. The van der Waals surface area contributed by atoms with Gasteiger partial charge in [-0.25, -0.2) is 0 Å². The standard InChI is InChI=1S/C18H19BrN2O4/c1-2-20(17(23)12-21-11-14(19)6-7-16(21)22)10-13-4-3-5-15-18(13)25-9-8-24-15/h3-7,11H,2,8-10,12H2,1H3. The van der Waals surface area contributed by atoms with Crippen molar-refractivity contribution in [1.29, 1.82) is 0 Å². The molecule has 0 fully saturated rings. The molecule has 1 aliphatic heterocycles. The van der Waals surface area contributed by atoms with E-state index in [-0.39, 0.29) is 18.0 Å². The molecule has 2 aromatic rings. The van der Waals surface area contributed by atoms with Crippen molar-refractivity contribution in [3.63, 3.8) is 0 Å². The van der Waals surface area contributed by atoms with Gasteiger partial charge in [0.2, 0.25) is 5.91 Å². The Morgan fingerprint density at radius 3 is 2.84 bits per heavy atom. The van der Waals surface area contributed by atoms with Crippen LogP contribution in [0.2, 0.25) is 0 Å². The predicted octanol–water partition coefficient (Wildman–Crippen LogP) is 2.43. The molecular weight excluding hydrogens is 388 g/mol. The number of rotatable bonds is 5. The zero-order chi connectivity index (χ0) is 17.8. The molecule has 6 nitrogen and oxygen atoms in total. The Kier molecular flexibility index (Phi) is 5.43. The molecule has 2 heterocycles. The molecule has 0 atom stereocenters. The third-order valence-corrected chi connectivity index (χ3v) is 4.47. The van der Waals surface area contributed by atoms with E-state index in [0.29, 0.717) is 37.8 Å². The second-order valence-electron chi connectivity index (χ2n) is 5.66. The second-order valence-corrected chi connectivity index (χ2v) is 6.58. The number of carbonyl (C=O) groups excluding carboxylic acids is 1. The molecular formula is C18H19BrN2O4. The summed E-state index contributed by atoms with van der Waals surface area (Å²) in [6, 6.07) is 8.77. The van der Waals surface area contributed by atoms with Crippen LogP contribution in [-0.4, -0.2) is 35.1 Å². The molecule has 0 aliphatic carbocycles. The molecule has 1 aromatic carbocycles. The molecule has 1 amide bonds. The van der Waals surface area contributed by atoms with Crippen LogP contribution in [0.15, 0.2) is 45.8 Å². The van der Waals surface area contributed by atoms with Gasteiger partial charge in [-0.15, -0.1) is 0 Å². The zero-order valence-electron chi connectivity index (χ0n) is 13.9. The van der Waals surface area contributed by atoms with E-state index in [1.54, 1.807) is 17.2 Å². The van der Waals surface area contributed by atoms with Crippen LogP contribution in [0.4, 0.5) is 0 Å². The van der Waals surface area contributed by atoms with Crippen molar-refractivity contribution in [2.45, 2.75) is 20.0 Å². The summed E-state index contributed by atoms with van der Waals surface area (Å²) in [6.45, 7) is 3.87. The summed E-state index contributed by atoms with van der Waals surface area (Å²) in [7, 11) is 0. The Bertz CT molecular complexity index is 834. The largest absolute Gasteiger partial charge is 0.486 e. The average Bonchev–Trinajstić information content (AvgIpc) is 2.62. The molecule has 0 radical (unpaired) electrons. The molecule has 132 valence electrons. The fraction of sp³-hybridized carbons (Fsp3) is 0.333. The first kappa shape index (κ1) is 17.5. The number of amides is 1. The van der Waals surface area contributed by atoms with Crippen molar-refractivity contribution in [3.8, 4) is 11.5 Å². The van der Waals surface area contributed by atoms with Gasteiger partial charge >= 0.3 is 0 Å². The summed E-state index contributed by atoms with van der Waals surface area (Å²) < 4.78 is 13.4. The number of para-hydroxylation sites is 1. The quantitative estimate of drug-likeness (QED) is 0.764. The molecule has 0 N–H and O–H groups in total. The molecule has 0 saturated carbocycles. The van der Waals surface area contributed by atoms with Crippen LogP contribution in [0.3, 0.4) is 0 Å². The first-order chi connectivity index (χ1) is 12.1. The first-order valence-electron chi connectivity index (χ1n) is 8.09. The summed E-state index contributed by atoms with van der Waals surface area (Å²) in [4.78, 5) is 26.3. The molecule has 0 saturated heterocycles. The monoisotopic (exact) mass is 406 g/mol. The van der Waals surface area contributed by atoms with E-state index in [2.05, 4.69) is 15.9 Å². The van der Waals surface area contributed by atoms with Gasteiger partial charge in [0, 0.05) is 35.4 Å². The minimum atomic E-state index is -0.207. The van der Waals surface area contributed by atoms with Gasteiger partial charge in [0.25, 0.3) is 5.56 Å². The number of ether oxygens (including phenoxy) is 2. The molecule has 0 spiro atoms. The first-order valence-corrected chi connectivity index (χ1v) is 8.89. The van der Waals surface area contributed by atoms with Gasteiger partial charge in [0.1, 0.15) is 19.8 Å². The Hall–Kier alpha value is -2.28. The number of likely N-dealkylation sites (N-methyl/N-ethyl adjacent to an activating group) is 1. The number of aromatic nitrogens is 1. The molecule has 0 unspecified atom stereocenters. The van der Waals surface area contributed by atoms with Crippen LogP contribution >= 0.6 is 15.9 Å². The molecule has 1 aromatic heterocycles. The average molecular weight is 407 g/mol. The number of carbonyl (C=O) groups is 1. The highest BCUT2D eigenvalue weighted by Gasteiger charge is 2.20.